The molecule has 0 spiro atoms. The molecule has 21 heavy (non-hydrogen) atoms. The van der Waals surface area contributed by atoms with Crippen LogP contribution in [0.25, 0.3) is 5.70 Å². The van der Waals surface area contributed by atoms with Crippen molar-refractivity contribution < 1.29 is 14.4 Å². The maximum absolute atomic E-state index is 12.0. The Kier molecular flexibility index (Phi) is 4.85. The average Bonchev–Trinajstić information content (AvgIpc) is 2.45. The summed E-state index contributed by atoms with van der Waals surface area (Å²) in [4.78, 5) is 17.9. The summed E-state index contributed by atoms with van der Waals surface area (Å²) in [6.07, 6.45) is 2.45. The number of nitrogens with zero attached hydrogens (tertiary/aromatic N) is 1. The Morgan fingerprint density at radius 3 is 2.57 bits per heavy atom. The van der Waals surface area contributed by atoms with Crippen LogP contribution >= 0.6 is 0 Å². The van der Waals surface area contributed by atoms with Gasteiger partial charge in [0.15, 0.2) is 0 Å². The van der Waals surface area contributed by atoms with Gasteiger partial charge in [0.25, 0.3) is 0 Å². The number of carbonyl (C=O) groups is 1. The highest BCUT2D eigenvalue weighted by molar-refractivity contribution is 6.76. The predicted octanol–water partition coefficient (Wildman–Crippen LogP) is 4.14. The Labute approximate surface area is 127 Å². The van der Waals surface area contributed by atoms with E-state index in [2.05, 4.69) is 25.7 Å². The molecule has 0 aliphatic carbocycles. The summed E-state index contributed by atoms with van der Waals surface area (Å²) in [7, 11) is 0.118. The van der Waals surface area contributed by atoms with E-state index in [-0.39, 0.29) is 6.10 Å². The van der Waals surface area contributed by atoms with Gasteiger partial charge in [0.1, 0.15) is 0 Å². The lowest BCUT2D eigenvalue weighted by atomic mass is 10.1. The largest absolute Gasteiger partial charge is 0.451 e. The molecule has 0 radical (unpaired) electrons. The molecule has 0 fully saturated rings. The summed E-state index contributed by atoms with van der Waals surface area (Å²) < 4.78 is 4.85. The molecule has 0 bridgehead atoms. The molecule has 0 aromatic heterocycles. The third-order valence-corrected chi connectivity index (χ3v) is 4.98. The second kappa shape index (κ2) is 6.45. The Morgan fingerprint density at radius 1 is 1.33 bits per heavy atom. The average molecular weight is 305 g/mol. The molecule has 0 saturated heterocycles. The molecule has 1 amide bonds. The van der Waals surface area contributed by atoms with E-state index < -0.39 is 14.2 Å². The molecule has 1 aliphatic rings. The van der Waals surface area contributed by atoms with Crippen molar-refractivity contribution in [2.45, 2.75) is 38.2 Å². The van der Waals surface area contributed by atoms with Crippen LogP contribution in [0.4, 0.5) is 4.79 Å². The van der Waals surface area contributed by atoms with Crippen LogP contribution in [-0.4, -0.2) is 32.4 Å². The van der Waals surface area contributed by atoms with Crippen molar-refractivity contribution in [1.29, 1.82) is 0 Å². The van der Waals surface area contributed by atoms with Crippen LogP contribution in [0.5, 0.6) is 0 Å². The first kappa shape index (κ1) is 15.8. The van der Waals surface area contributed by atoms with Gasteiger partial charge in [-0.25, -0.2) is 4.79 Å². The number of hydroxylamine groups is 2. The van der Waals surface area contributed by atoms with E-state index in [0.717, 1.165) is 23.7 Å². The maximum atomic E-state index is 12.0. The lowest BCUT2D eigenvalue weighted by Gasteiger charge is -2.34. The number of carbonyl (C=O) groups excluding carboxylic acids is 1. The van der Waals surface area contributed by atoms with E-state index in [0.29, 0.717) is 0 Å². The van der Waals surface area contributed by atoms with Gasteiger partial charge in [-0.1, -0.05) is 56.0 Å². The maximum Gasteiger partial charge on any atom is 0.438 e. The summed E-state index contributed by atoms with van der Waals surface area (Å²) >= 11 is 0. The molecule has 1 atom stereocenters. The lowest BCUT2D eigenvalue weighted by Crippen LogP contribution is -2.39. The Morgan fingerprint density at radius 2 is 2.00 bits per heavy atom. The number of methoxy groups -OCH3 is 1. The predicted molar refractivity (Wildman–Crippen MR) is 86.3 cm³/mol. The van der Waals surface area contributed by atoms with Crippen LogP contribution in [0.3, 0.4) is 0 Å². The summed E-state index contributed by atoms with van der Waals surface area (Å²) in [5, 5.41) is 1.30. The zero-order chi connectivity index (χ0) is 15.5. The summed E-state index contributed by atoms with van der Waals surface area (Å²) in [5.74, 6) is 0. The van der Waals surface area contributed by atoms with Gasteiger partial charge in [-0.15, -0.1) is 0 Å². The van der Waals surface area contributed by atoms with Gasteiger partial charge in [0.05, 0.1) is 18.9 Å². The van der Waals surface area contributed by atoms with Crippen LogP contribution in [0, 0.1) is 0 Å². The molecular formula is C16H23NO3Si. The van der Waals surface area contributed by atoms with Crippen molar-refractivity contribution in [2.75, 3.05) is 7.11 Å². The molecule has 5 heteroatoms. The minimum Gasteiger partial charge on any atom is -0.451 e. The van der Waals surface area contributed by atoms with Gasteiger partial charge in [-0.3, -0.25) is 4.84 Å². The summed E-state index contributed by atoms with van der Waals surface area (Å²) in [6.45, 7) is 6.90. The van der Waals surface area contributed by atoms with Crippen molar-refractivity contribution in [3.8, 4) is 0 Å². The molecule has 0 saturated carbocycles. The number of benzene rings is 1. The van der Waals surface area contributed by atoms with Gasteiger partial charge in [0, 0.05) is 13.6 Å². The first-order valence-corrected chi connectivity index (χ1v) is 10.9. The van der Waals surface area contributed by atoms with Crippen LogP contribution in [0.1, 0.15) is 12.0 Å². The first-order chi connectivity index (χ1) is 9.90. The van der Waals surface area contributed by atoms with E-state index in [1.165, 1.54) is 12.2 Å². The highest BCUT2D eigenvalue weighted by Gasteiger charge is 2.31. The molecule has 1 heterocycles. The van der Waals surface area contributed by atoms with Crippen molar-refractivity contribution >= 4 is 19.9 Å². The summed E-state index contributed by atoms with van der Waals surface area (Å²) in [6, 6.07) is 10.8. The molecule has 2 rings (SSSR count). The van der Waals surface area contributed by atoms with Gasteiger partial charge in [0.2, 0.25) is 0 Å². The van der Waals surface area contributed by atoms with Crippen molar-refractivity contribution in [3.63, 3.8) is 0 Å². The third kappa shape index (κ3) is 4.19. The number of hydrogen-bond acceptors (Lipinski definition) is 3. The van der Waals surface area contributed by atoms with Gasteiger partial charge >= 0.3 is 6.09 Å². The van der Waals surface area contributed by atoms with E-state index in [1.807, 2.05) is 30.3 Å². The number of ether oxygens (including phenoxy) is 1. The minimum absolute atomic E-state index is 0.0447. The van der Waals surface area contributed by atoms with Crippen LogP contribution in [0.2, 0.25) is 25.7 Å². The van der Waals surface area contributed by atoms with Crippen LogP contribution < -0.4 is 0 Å². The quantitative estimate of drug-likeness (QED) is 0.788. The Hall–Kier alpha value is -1.59. The second-order valence-electron chi connectivity index (χ2n) is 6.45. The lowest BCUT2D eigenvalue weighted by molar-refractivity contribution is -0.133. The Bertz CT molecular complexity index is 522. The molecule has 1 aromatic rings. The third-order valence-electron chi connectivity index (χ3n) is 3.30. The monoisotopic (exact) mass is 305 g/mol. The van der Waals surface area contributed by atoms with Gasteiger partial charge < -0.3 is 4.74 Å². The van der Waals surface area contributed by atoms with Crippen molar-refractivity contribution in [1.82, 2.24) is 5.06 Å². The topological polar surface area (TPSA) is 38.8 Å². The molecule has 1 aliphatic heterocycles. The molecule has 1 aromatic carbocycles. The highest BCUT2D eigenvalue weighted by atomic mass is 28.3. The minimum atomic E-state index is -1.25. The fourth-order valence-electron chi connectivity index (χ4n) is 2.45. The van der Waals surface area contributed by atoms with Crippen molar-refractivity contribution in [2.24, 2.45) is 0 Å². The first-order valence-electron chi connectivity index (χ1n) is 7.21. The molecule has 114 valence electrons. The Balaban J connectivity index is 2.25. The smallest absolute Gasteiger partial charge is 0.438 e. The fourth-order valence-corrected chi connectivity index (χ4v) is 4.05. The SMILES string of the molecule is COC(=O)N1OC(C[Si](C)(C)C)CC=C1c1ccccc1. The van der Waals surface area contributed by atoms with Gasteiger partial charge in [-0.05, 0) is 12.5 Å². The van der Waals surface area contributed by atoms with E-state index in [4.69, 9.17) is 9.57 Å². The van der Waals surface area contributed by atoms with E-state index in [1.54, 1.807) is 0 Å². The van der Waals surface area contributed by atoms with E-state index >= 15 is 0 Å². The number of hydrogen-bond donors (Lipinski definition) is 0. The molecular weight excluding hydrogens is 282 g/mol. The zero-order valence-electron chi connectivity index (χ0n) is 13.1. The van der Waals surface area contributed by atoms with Gasteiger partial charge in [-0.2, -0.15) is 5.06 Å². The molecule has 1 unspecified atom stereocenters. The second-order valence-corrected chi connectivity index (χ2v) is 12.0. The van der Waals surface area contributed by atoms with Crippen LogP contribution in [-0.2, 0) is 9.57 Å². The molecule has 0 N–H and O–H groups in total. The normalized spacial score (nSPS) is 19.1. The van der Waals surface area contributed by atoms with Crippen molar-refractivity contribution in [3.05, 3.63) is 42.0 Å². The van der Waals surface area contributed by atoms with Crippen LogP contribution in [0.15, 0.2) is 36.4 Å². The standard InChI is InChI=1S/C16H23NO3Si/c1-19-16(18)17-15(13-8-6-5-7-9-13)11-10-14(20-17)12-21(2,3)4/h5-9,11,14H,10,12H2,1-4H3. The fraction of sp³-hybridized carbons (Fsp3) is 0.438. The zero-order valence-corrected chi connectivity index (χ0v) is 14.1. The highest BCUT2D eigenvalue weighted by Crippen LogP contribution is 2.30. The number of rotatable bonds is 3. The van der Waals surface area contributed by atoms with E-state index in [9.17, 15) is 4.79 Å². The number of amides is 1. The molecule has 4 nitrogen and oxygen atoms in total. The summed E-state index contributed by atoms with van der Waals surface area (Å²) in [5.41, 5.74) is 1.71.